The van der Waals surface area contributed by atoms with Crippen LogP contribution >= 0.6 is 15.9 Å². The van der Waals surface area contributed by atoms with Gasteiger partial charge in [-0.1, -0.05) is 58.4 Å². The SMILES string of the molecule is O=C(Cc1ccc(Br)cc1)Nc1nc2c(nc1CCc1ccccc1)-c1ccc(O)cc1CC2. The third-order valence-corrected chi connectivity index (χ3v) is 6.57. The van der Waals surface area contributed by atoms with E-state index in [4.69, 9.17) is 9.97 Å². The molecule has 0 saturated heterocycles. The van der Waals surface area contributed by atoms with Gasteiger partial charge < -0.3 is 10.4 Å². The maximum atomic E-state index is 12.9. The van der Waals surface area contributed by atoms with E-state index in [0.717, 1.165) is 51.1 Å². The highest BCUT2D eigenvalue weighted by Crippen LogP contribution is 2.34. The van der Waals surface area contributed by atoms with E-state index in [0.29, 0.717) is 18.7 Å². The first-order valence-electron chi connectivity index (χ1n) is 11.4. The van der Waals surface area contributed by atoms with E-state index >= 15 is 0 Å². The van der Waals surface area contributed by atoms with Gasteiger partial charge in [0, 0.05) is 10.0 Å². The van der Waals surface area contributed by atoms with Gasteiger partial charge in [0.1, 0.15) is 5.75 Å². The maximum Gasteiger partial charge on any atom is 0.229 e. The summed E-state index contributed by atoms with van der Waals surface area (Å²) in [6.45, 7) is 0. The Kier molecular flexibility index (Phi) is 6.41. The monoisotopic (exact) mass is 513 g/mol. The average molecular weight is 514 g/mol. The number of nitrogens with zero attached hydrogens (tertiary/aromatic N) is 2. The van der Waals surface area contributed by atoms with Crippen LogP contribution in [0.5, 0.6) is 5.75 Å². The zero-order chi connectivity index (χ0) is 23.5. The van der Waals surface area contributed by atoms with Gasteiger partial charge in [0.15, 0.2) is 5.82 Å². The van der Waals surface area contributed by atoms with Gasteiger partial charge >= 0.3 is 0 Å². The fourth-order valence-corrected chi connectivity index (χ4v) is 4.58. The minimum Gasteiger partial charge on any atom is -0.508 e. The molecule has 6 heteroatoms. The van der Waals surface area contributed by atoms with E-state index in [2.05, 4.69) is 33.4 Å². The van der Waals surface area contributed by atoms with Gasteiger partial charge in [0.2, 0.25) is 5.91 Å². The molecule has 0 spiro atoms. The first kappa shape index (κ1) is 22.3. The van der Waals surface area contributed by atoms with Gasteiger partial charge in [-0.3, -0.25) is 4.79 Å². The molecule has 2 N–H and O–H groups in total. The van der Waals surface area contributed by atoms with Crippen molar-refractivity contribution in [1.82, 2.24) is 9.97 Å². The molecule has 0 fully saturated rings. The summed E-state index contributed by atoms with van der Waals surface area (Å²) in [5, 5.41) is 12.9. The van der Waals surface area contributed by atoms with Crippen LogP contribution in [-0.2, 0) is 36.9 Å². The number of aromatic nitrogens is 2. The first-order chi connectivity index (χ1) is 16.5. The van der Waals surface area contributed by atoms with Gasteiger partial charge in [-0.25, -0.2) is 9.97 Å². The highest BCUT2D eigenvalue weighted by atomic mass is 79.9. The predicted molar refractivity (Wildman–Crippen MR) is 137 cm³/mol. The molecule has 170 valence electrons. The van der Waals surface area contributed by atoms with Gasteiger partial charge in [-0.05, 0) is 72.7 Å². The molecule has 0 atom stereocenters. The number of fused-ring (bicyclic) bond motifs is 3. The molecule has 1 heterocycles. The smallest absolute Gasteiger partial charge is 0.229 e. The van der Waals surface area contributed by atoms with Crippen molar-refractivity contribution in [2.24, 2.45) is 0 Å². The van der Waals surface area contributed by atoms with Crippen molar-refractivity contribution in [3.63, 3.8) is 0 Å². The Labute approximate surface area is 207 Å². The molecule has 0 aliphatic heterocycles. The van der Waals surface area contributed by atoms with Crippen molar-refractivity contribution in [3.8, 4) is 17.0 Å². The number of carbonyl (C=O) groups is 1. The van der Waals surface area contributed by atoms with Crippen molar-refractivity contribution in [1.29, 1.82) is 0 Å². The molecule has 3 aromatic carbocycles. The third-order valence-electron chi connectivity index (χ3n) is 6.04. The van der Waals surface area contributed by atoms with Crippen LogP contribution < -0.4 is 5.32 Å². The van der Waals surface area contributed by atoms with E-state index in [-0.39, 0.29) is 18.1 Å². The Hall–Kier alpha value is -3.51. The number of phenols is 1. The Morgan fingerprint density at radius 1 is 0.912 bits per heavy atom. The summed E-state index contributed by atoms with van der Waals surface area (Å²) >= 11 is 3.43. The Morgan fingerprint density at radius 2 is 1.71 bits per heavy atom. The minimum atomic E-state index is -0.112. The number of anilines is 1. The number of rotatable bonds is 6. The normalized spacial score (nSPS) is 12.0. The molecule has 5 nitrogen and oxygen atoms in total. The third kappa shape index (κ3) is 5.02. The molecule has 5 rings (SSSR count). The molecule has 0 saturated carbocycles. The Balaban J connectivity index is 1.46. The number of phenolic OH excluding ortho intramolecular Hbond substituents is 1. The lowest BCUT2D eigenvalue weighted by atomic mass is 9.91. The lowest BCUT2D eigenvalue weighted by Gasteiger charge is -2.21. The zero-order valence-corrected chi connectivity index (χ0v) is 20.2. The van der Waals surface area contributed by atoms with Crippen LogP contribution in [0.15, 0.2) is 77.3 Å². The van der Waals surface area contributed by atoms with Crippen LogP contribution in [0, 0.1) is 0 Å². The molecule has 1 aliphatic carbocycles. The molecule has 34 heavy (non-hydrogen) atoms. The minimum absolute atomic E-state index is 0.112. The average Bonchev–Trinajstić information content (AvgIpc) is 2.84. The van der Waals surface area contributed by atoms with Crippen LogP contribution in [0.25, 0.3) is 11.3 Å². The molecule has 4 aromatic rings. The van der Waals surface area contributed by atoms with Gasteiger partial charge in [-0.15, -0.1) is 0 Å². The molecule has 1 aliphatic rings. The number of carbonyl (C=O) groups excluding carboxylic acids is 1. The molecule has 0 bridgehead atoms. The maximum absolute atomic E-state index is 12.9. The number of benzene rings is 3. The fourth-order valence-electron chi connectivity index (χ4n) is 4.31. The molecule has 0 unspecified atom stereocenters. The molecule has 0 radical (unpaired) electrons. The quantitative estimate of drug-likeness (QED) is 0.348. The number of aromatic hydroxyl groups is 1. The van der Waals surface area contributed by atoms with Gasteiger partial charge in [-0.2, -0.15) is 0 Å². The number of nitrogens with one attached hydrogen (secondary N) is 1. The summed E-state index contributed by atoms with van der Waals surface area (Å²) in [5.41, 5.74) is 6.71. The first-order valence-corrected chi connectivity index (χ1v) is 12.1. The molecule has 1 aromatic heterocycles. The topological polar surface area (TPSA) is 75.1 Å². The summed E-state index contributed by atoms with van der Waals surface area (Å²) in [7, 11) is 0. The van der Waals surface area contributed by atoms with E-state index in [9.17, 15) is 9.90 Å². The number of hydrogen-bond acceptors (Lipinski definition) is 4. The lowest BCUT2D eigenvalue weighted by molar-refractivity contribution is -0.115. The van der Waals surface area contributed by atoms with Crippen molar-refractivity contribution >= 4 is 27.7 Å². The highest BCUT2D eigenvalue weighted by Gasteiger charge is 2.23. The summed E-state index contributed by atoms with van der Waals surface area (Å²) in [5.74, 6) is 0.689. The van der Waals surface area contributed by atoms with E-state index in [1.807, 2.05) is 48.5 Å². The van der Waals surface area contributed by atoms with Crippen LogP contribution in [0.4, 0.5) is 5.82 Å². The summed E-state index contributed by atoms with van der Waals surface area (Å²) in [6.07, 6.45) is 3.22. The summed E-state index contributed by atoms with van der Waals surface area (Å²) in [6, 6.07) is 23.4. The highest BCUT2D eigenvalue weighted by molar-refractivity contribution is 9.10. The number of halogens is 1. The van der Waals surface area contributed by atoms with Crippen molar-refractivity contribution < 1.29 is 9.90 Å². The largest absolute Gasteiger partial charge is 0.508 e. The van der Waals surface area contributed by atoms with Crippen LogP contribution in [0.3, 0.4) is 0 Å². The summed E-state index contributed by atoms with van der Waals surface area (Å²) < 4.78 is 0.981. The second-order valence-electron chi connectivity index (χ2n) is 8.49. The number of aryl methyl sites for hydroxylation is 4. The Bertz CT molecular complexity index is 1340. The van der Waals surface area contributed by atoms with Crippen LogP contribution in [-0.4, -0.2) is 21.0 Å². The Morgan fingerprint density at radius 3 is 2.50 bits per heavy atom. The van der Waals surface area contributed by atoms with E-state index in [1.165, 1.54) is 5.56 Å². The zero-order valence-electron chi connectivity index (χ0n) is 18.6. The van der Waals surface area contributed by atoms with Crippen LogP contribution in [0.1, 0.15) is 28.1 Å². The van der Waals surface area contributed by atoms with Crippen molar-refractivity contribution in [2.45, 2.75) is 32.1 Å². The number of amides is 1. The van der Waals surface area contributed by atoms with E-state index in [1.54, 1.807) is 12.1 Å². The van der Waals surface area contributed by atoms with Crippen molar-refractivity contribution in [3.05, 3.63) is 105 Å². The van der Waals surface area contributed by atoms with Gasteiger partial charge in [0.25, 0.3) is 0 Å². The standard InChI is InChI=1S/C28H24BrN3O2/c29-21-10-6-19(7-11-21)16-26(34)32-28-25(14-8-18-4-2-1-3-5-18)30-27-23-13-12-22(33)17-20(23)9-15-24(27)31-28/h1-7,10-13,17,33H,8-9,14-16H2,(H,31,32,34). The van der Waals surface area contributed by atoms with Gasteiger partial charge in [0.05, 0.1) is 23.5 Å². The van der Waals surface area contributed by atoms with E-state index < -0.39 is 0 Å². The molecule has 1 amide bonds. The molecular weight excluding hydrogens is 490 g/mol. The van der Waals surface area contributed by atoms with Crippen molar-refractivity contribution in [2.75, 3.05) is 5.32 Å². The fraction of sp³-hybridized carbons (Fsp3) is 0.179. The molecular formula is C28H24BrN3O2. The summed E-state index contributed by atoms with van der Waals surface area (Å²) in [4.78, 5) is 22.8. The van der Waals surface area contributed by atoms with Crippen LogP contribution in [0.2, 0.25) is 0 Å². The number of hydrogen-bond donors (Lipinski definition) is 2. The lowest BCUT2D eigenvalue weighted by Crippen LogP contribution is -2.20. The second-order valence-corrected chi connectivity index (χ2v) is 9.41. The predicted octanol–water partition coefficient (Wildman–Crippen LogP) is 5.68. The second kappa shape index (κ2) is 9.77.